The van der Waals surface area contributed by atoms with Gasteiger partial charge >= 0.3 is 5.97 Å². The summed E-state index contributed by atoms with van der Waals surface area (Å²) in [5.74, 6) is -1.27. The number of thioether (sulfide) groups is 1. The van der Waals surface area contributed by atoms with Crippen LogP contribution in [0.1, 0.15) is 0 Å². The number of carboxylic acid groups (broad SMARTS) is 1. The molecule has 1 amide bonds. The normalized spacial score (nSPS) is 9.71. The van der Waals surface area contributed by atoms with Crippen LogP contribution in [0, 0.1) is 0 Å². The summed E-state index contributed by atoms with van der Waals surface area (Å²) in [5.41, 5.74) is 0. The molecule has 1 heterocycles. The maximum Gasteiger partial charge on any atom is 0.313 e. The van der Waals surface area contributed by atoms with Crippen molar-refractivity contribution < 1.29 is 14.7 Å². The van der Waals surface area contributed by atoms with E-state index < -0.39 is 5.97 Å². The van der Waals surface area contributed by atoms with Crippen LogP contribution in [-0.4, -0.2) is 43.3 Å². The number of nitrogens with one attached hydrogen (secondary N) is 1. The molecular formula is C5H6N4O3S2. The zero-order valence-electron chi connectivity index (χ0n) is 6.84. The standard InChI is InChI=1S/C5H6N4O3S2/c10-3(1-13-2-4(11)12)6-5-7-8-9-14-5/h1-2H2,(H,11,12)(H,6,7,9,10). The van der Waals surface area contributed by atoms with E-state index in [4.69, 9.17) is 5.11 Å². The monoisotopic (exact) mass is 234 g/mol. The van der Waals surface area contributed by atoms with Crippen molar-refractivity contribution >= 4 is 40.3 Å². The average Bonchev–Trinajstić information content (AvgIpc) is 2.56. The highest BCUT2D eigenvalue weighted by Crippen LogP contribution is 2.06. The molecule has 0 radical (unpaired) electrons. The number of nitrogens with zero attached hydrogens (tertiary/aromatic N) is 3. The van der Waals surface area contributed by atoms with E-state index in [-0.39, 0.29) is 17.4 Å². The van der Waals surface area contributed by atoms with Gasteiger partial charge in [0, 0.05) is 11.5 Å². The van der Waals surface area contributed by atoms with Gasteiger partial charge in [-0.1, -0.05) is 9.59 Å². The molecule has 9 heteroatoms. The van der Waals surface area contributed by atoms with Crippen LogP contribution in [0.15, 0.2) is 0 Å². The van der Waals surface area contributed by atoms with Gasteiger partial charge in [-0.25, -0.2) is 0 Å². The third-order valence-corrected chi connectivity index (χ3v) is 2.43. The topological polar surface area (TPSA) is 105 Å². The van der Waals surface area contributed by atoms with E-state index in [9.17, 15) is 9.59 Å². The molecule has 0 bridgehead atoms. The highest BCUT2D eigenvalue weighted by molar-refractivity contribution is 8.00. The van der Waals surface area contributed by atoms with Gasteiger partial charge < -0.3 is 5.11 Å². The Morgan fingerprint density at radius 2 is 2.29 bits per heavy atom. The Balaban J connectivity index is 2.20. The molecule has 0 aliphatic rings. The second kappa shape index (κ2) is 5.50. The molecular weight excluding hydrogens is 228 g/mol. The second-order valence-electron chi connectivity index (χ2n) is 2.10. The fraction of sp³-hybridized carbons (Fsp3) is 0.400. The van der Waals surface area contributed by atoms with Crippen LogP contribution in [0.3, 0.4) is 0 Å². The number of anilines is 1. The maximum absolute atomic E-state index is 11.1. The van der Waals surface area contributed by atoms with Crippen LogP contribution >= 0.6 is 23.3 Å². The predicted octanol–water partition coefficient (Wildman–Crippen LogP) is -0.311. The third kappa shape index (κ3) is 4.14. The van der Waals surface area contributed by atoms with Gasteiger partial charge in [-0.05, 0) is 5.21 Å². The Morgan fingerprint density at radius 3 is 2.86 bits per heavy atom. The highest BCUT2D eigenvalue weighted by atomic mass is 32.2. The van der Waals surface area contributed by atoms with Crippen molar-refractivity contribution in [1.29, 1.82) is 0 Å². The summed E-state index contributed by atoms with van der Waals surface area (Å²) < 4.78 is 3.45. The Morgan fingerprint density at radius 1 is 1.50 bits per heavy atom. The molecule has 0 aliphatic heterocycles. The summed E-state index contributed by atoms with van der Waals surface area (Å²) in [6.45, 7) is 0. The largest absolute Gasteiger partial charge is 0.481 e. The van der Waals surface area contributed by atoms with Crippen LogP contribution < -0.4 is 5.32 Å². The lowest BCUT2D eigenvalue weighted by molar-refractivity contribution is -0.133. The Labute approximate surface area is 87.1 Å². The molecule has 0 unspecified atom stereocenters. The maximum atomic E-state index is 11.1. The number of carbonyl (C=O) groups excluding carboxylic acids is 1. The van der Waals surface area contributed by atoms with E-state index in [0.29, 0.717) is 5.13 Å². The quantitative estimate of drug-likeness (QED) is 0.719. The number of aliphatic carboxylic acids is 1. The molecule has 76 valence electrons. The first-order valence-electron chi connectivity index (χ1n) is 3.43. The van der Waals surface area contributed by atoms with E-state index in [1.807, 2.05) is 0 Å². The summed E-state index contributed by atoms with van der Waals surface area (Å²) in [4.78, 5) is 21.2. The molecule has 0 fully saturated rings. The molecule has 2 N–H and O–H groups in total. The van der Waals surface area contributed by atoms with Gasteiger partial charge in [0.05, 0.1) is 11.5 Å². The molecule has 0 saturated carbocycles. The molecule has 0 saturated heterocycles. The summed E-state index contributed by atoms with van der Waals surface area (Å²) in [7, 11) is 0. The fourth-order valence-corrected chi connectivity index (χ4v) is 1.49. The smallest absolute Gasteiger partial charge is 0.313 e. The van der Waals surface area contributed by atoms with E-state index in [2.05, 4.69) is 20.1 Å². The molecule has 7 nitrogen and oxygen atoms in total. The third-order valence-electron chi connectivity index (χ3n) is 1.00. The lowest BCUT2D eigenvalue weighted by Crippen LogP contribution is -2.15. The highest BCUT2D eigenvalue weighted by Gasteiger charge is 2.06. The number of carboxylic acids is 1. The van der Waals surface area contributed by atoms with Crippen LogP contribution in [0.5, 0.6) is 0 Å². The van der Waals surface area contributed by atoms with Crippen molar-refractivity contribution in [2.75, 3.05) is 16.8 Å². The van der Waals surface area contributed by atoms with E-state index in [0.717, 1.165) is 23.3 Å². The zero-order chi connectivity index (χ0) is 10.4. The summed E-state index contributed by atoms with van der Waals surface area (Å²) in [6.07, 6.45) is 0. The lowest BCUT2D eigenvalue weighted by atomic mass is 10.7. The lowest BCUT2D eigenvalue weighted by Gasteiger charge is -1.98. The van der Waals surface area contributed by atoms with Crippen molar-refractivity contribution in [2.24, 2.45) is 0 Å². The van der Waals surface area contributed by atoms with E-state index >= 15 is 0 Å². The molecule has 0 atom stereocenters. The molecule has 14 heavy (non-hydrogen) atoms. The van der Waals surface area contributed by atoms with Crippen LogP contribution in [0.4, 0.5) is 5.13 Å². The number of amides is 1. The summed E-state index contributed by atoms with van der Waals surface area (Å²) >= 11 is 1.98. The fourth-order valence-electron chi connectivity index (χ4n) is 0.568. The predicted molar refractivity (Wildman–Crippen MR) is 51.3 cm³/mol. The Bertz CT molecular complexity index is 315. The Kier molecular flexibility index (Phi) is 4.26. The first kappa shape index (κ1) is 10.9. The van der Waals surface area contributed by atoms with Crippen molar-refractivity contribution in [2.45, 2.75) is 0 Å². The number of hydrogen-bond donors (Lipinski definition) is 2. The van der Waals surface area contributed by atoms with Gasteiger partial charge in [-0.2, -0.15) is 0 Å². The van der Waals surface area contributed by atoms with Crippen LogP contribution in [0.25, 0.3) is 0 Å². The summed E-state index contributed by atoms with van der Waals surface area (Å²) in [5, 5.41) is 17.8. The van der Waals surface area contributed by atoms with Gasteiger partial charge in [-0.15, -0.1) is 11.8 Å². The molecule has 1 aromatic rings. The number of rotatable bonds is 5. The van der Waals surface area contributed by atoms with E-state index in [1.54, 1.807) is 0 Å². The van der Waals surface area contributed by atoms with Gasteiger partial charge in [-0.3, -0.25) is 14.9 Å². The zero-order valence-corrected chi connectivity index (χ0v) is 8.47. The molecule has 0 aromatic carbocycles. The molecule has 1 aromatic heterocycles. The van der Waals surface area contributed by atoms with Gasteiger partial charge in [0.25, 0.3) is 0 Å². The first-order chi connectivity index (χ1) is 6.68. The Hall–Kier alpha value is -1.22. The van der Waals surface area contributed by atoms with Crippen molar-refractivity contribution in [3.05, 3.63) is 0 Å². The van der Waals surface area contributed by atoms with E-state index in [1.165, 1.54) is 0 Å². The first-order valence-corrected chi connectivity index (χ1v) is 5.35. The second-order valence-corrected chi connectivity index (χ2v) is 3.82. The minimum atomic E-state index is -0.944. The minimum absolute atomic E-state index is 0.0753. The SMILES string of the molecule is O=C(O)CSCC(=O)Nc1nnns1. The molecule has 0 aliphatic carbocycles. The number of hydrogen-bond acceptors (Lipinski definition) is 7. The number of carbonyl (C=O) groups is 2. The minimum Gasteiger partial charge on any atom is -0.481 e. The average molecular weight is 234 g/mol. The molecule has 1 rings (SSSR count). The van der Waals surface area contributed by atoms with Gasteiger partial charge in [0.15, 0.2) is 0 Å². The van der Waals surface area contributed by atoms with Crippen molar-refractivity contribution in [3.8, 4) is 0 Å². The van der Waals surface area contributed by atoms with Gasteiger partial charge in [0.2, 0.25) is 11.0 Å². The molecule has 0 spiro atoms. The van der Waals surface area contributed by atoms with Crippen LogP contribution in [-0.2, 0) is 9.59 Å². The summed E-state index contributed by atoms with van der Waals surface area (Å²) in [6, 6.07) is 0. The van der Waals surface area contributed by atoms with Gasteiger partial charge in [0.1, 0.15) is 0 Å². The van der Waals surface area contributed by atoms with Crippen LogP contribution in [0.2, 0.25) is 0 Å². The van der Waals surface area contributed by atoms with Crippen molar-refractivity contribution in [1.82, 2.24) is 14.8 Å². The number of aromatic nitrogens is 3. The van der Waals surface area contributed by atoms with Crippen molar-refractivity contribution in [3.63, 3.8) is 0 Å².